The quantitative estimate of drug-likeness (QED) is 0.627. The second-order valence-corrected chi connectivity index (χ2v) is 4.63. The van der Waals surface area contributed by atoms with Gasteiger partial charge in [0.25, 0.3) is 5.91 Å². The van der Waals surface area contributed by atoms with Gasteiger partial charge >= 0.3 is 0 Å². The van der Waals surface area contributed by atoms with Crippen LogP contribution in [0.5, 0.6) is 0 Å². The molecule has 15 heavy (non-hydrogen) atoms. The van der Waals surface area contributed by atoms with Gasteiger partial charge in [-0.3, -0.25) is 9.69 Å². The first-order valence-corrected chi connectivity index (χ1v) is 5.24. The summed E-state index contributed by atoms with van der Waals surface area (Å²) < 4.78 is 0. The summed E-state index contributed by atoms with van der Waals surface area (Å²) in [5, 5.41) is 0. The fourth-order valence-electron chi connectivity index (χ4n) is 2.78. The Morgan fingerprint density at radius 1 is 1.33 bits per heavy atom. The third-order valence-corrected chi connectivity index (χ3v) is 3.36. The molecule has 0 N–H and O–H groups in total. The van der Waals surface area contributed by atoms with Gasteiger partial charge in [-0.2, -0.15) is 0 Å². The minimum Gasteiger partial charge on any atom is -0.299 e. The van der Waals surface area contributed by atoms with Gasteiger partial charge in [-0.1, -0.05) is 24.3 Å². The third-order valence-electron chi connectivity index (χ3n) is 3.36. The molecule has 76 valence electrons. The van der Waals surface area contributed by atoms with Gasteiger partial charge in [0.05, 0.1) is 5.54 Å². The molecule has 2 nitrogen and oxygen atoms in total. The Balaban J connectivity index is 2.20. The van der Waals surface area contributed by atoms with Crippen LogP contribution in [-0.4, -0.2) is 11.4 Å². The maximum atomic E-state index is 12.0. The van der Waals surface area contributed by atoms with Crippen molar-refractivity contribution in [2.75, 3.05) is 4.90 Å². The van der Waals surface area contributed by atoms with Crippen molar-refractivity contribution in [3.63, 3.8) is 0 Å². The summed E-state index contributed by atoms with van der Waals surface area (Å²) in [7, 11) is 0. The van der Waals surface area contributed by atoms with E-state index >= 15 is 0 Å². The van der Waals surface area contributed by atoms with E-state index in [4.69, 9.17) is 0 Å². The Labute approximate surface area is 89.2 Å². The van der Waals surface area contributed by atoms with Gasteiger partial charge in [-0.05, 0) is 25.5 Å². The monoisotopic (exact) mass is 199 g/mol. The van der Waals surface area contributed by atoms with Crippen molar-refractivity contribution < 1.29 is 4.79 Å². The maximum Gasteiger partial charge on any atom is 0.254 e. The number of anilines is 1. The zero-order chi connectivity index (χ0) is 10.6. The molecule has 0 unspecified atom stereocenters. The number of amides is 1. The average Bonchev–Trinajstić information content (AvgIpc) is 2.58. The van der Waals surface area contributed by atoms with Crippen LogP contribution in [0.4, 0.5) is 5.69 Å². The fraction of sp³-hybridized carbons (Fsp3) is 0.308. The molecule has 2 aliphatic heterocycles. The first-order chi connectivity index (χ1) is 7.12. The Hall–Kier alpha value is -1.57. The summed E-state index contributed by atoms with van der Waals surface area (Å²) in [4.78, 5) is 13.9. The number of fused-ring (bicyclic) bond motifs is 3. The fourth-order valence-corrected chi connectivity index (χ4v) is 2.78. The molecule has 2 heteroatoms. The third kappa shape index (κ3) is 0.965. The molecule has 0 spiro atoms. The summed E-state index contributed by atoms with van der Waals surface area (Å²) in [6, 6.07) is 8.16. The molecule has 1 atom stereocenters. The molecule has 0 aliphatic carbocycles. The lowest BCUT2D eigenvalue weighted by molar-refractivity contribution is -0.115. The highest BCUT2D eigenvalue weighted by Gasteiger charge is 2.46. The van der Waals surface area contributed by atoms with Gasteiger partial charge in [0.15, 0.2) is 0 Å². The predicted octanol–water partition coefficient (Wildman–Crippen LogP) is 2.29. The molecule has 0 aromatic heterocycles. The van der Waals surface area contributed by atoms with Crippen LogP contribution in [0.2, 0.25) is 0 Å². The molecule has 0 radical (unpaired) electrons. The molecule has 3 rings (SSSR count). The van der Waals surface area contributed by atoms with E-state index in [-0.39, 0.29) is 11.4 Å². The van der Waals surface area contributed by atoms with Crippen LogP contribution in [0.1, 0.15) is 19.4 Å². The van der Waals surface area contributed by atoms with E-state index < -0.39 is 0 Å². The van der Waals surface area contributed by atoms with Gasteiger partial charge in [-0.15, -0.1) is 0 Å². The van der Waals surface area contributed by atoms with E-state index in [1.54, 1.807) is 0 Å². The van der Waals surface area contributed by atoms with Crippen molar-refractivity contribution in [3.05, 3.63) is 41.5 Å². The van der Waals surface area contributed by atoms with E-state index in [9.17, 15) is 4.79 Å². The highest BCUT2D eigenvalue weighted by atomic mass is 16.2. The lowest BCUT2D eigenvalue weighted by atomic mass is 9.97. The van der Waals surface area contributed by atoms with E-state index in [1.807, 2.05) is 30.0 Å². The molecule has 0 saturated heterocycles. The lowest BCUT2D eigenvalue weighted by Gasteiger charge is -2.27. The van der Waals surface area contributed by atoms with Gasteiger partial charge in [0.2, 0.25) is 0 Å². The number of benzene rings is 1. The van der Waals surface area contributed by atoms with Crippen LogP contribution in [0, 0.1) is 0 Å². The predicted molar refractivity (Wildman–Crippen MR) is 59.8 cm³/mol. The number of carbonyl (C=O) groups excluding carboxylic acids is 1. The SMILES string of the molecule is CC1=C[C@@]2(C)Cc3ccccc3N2C1=O. The van der Waals surface area contributed by atoms with Crippen LogP contribution in [0.15, 0.2) is 35.9 Å². The Bertz CT molecular complexity index is 489. The molecule has 1 aromatic rings. The van der Waals surface area contributed by atoms with E-state index in [0.717, 1.165) is 17.7 Å². The number of carbonyl (C=O) groups is 1. The second kappa shape index (κ2) is 2.51. The first kappa shape index (κ1) is 8.72. The van der Waals surface area contributed by atoms with Crippen molar-refractivity contribution in [1.82, 2.24) is 0 Å². The molecule has 1 amide bonds. The molecule has 0 saturated carbocycles. The average molecular weight is 199 g/mol. The van der Waals surface area contributed by atoms with Gasteiger partial charge in [0.1, 0.15) is 0 Å². The van der Waals surface area contributed by atoms with E-state index in [2.05, 4.69) is 19.1 Å². The topological polar surface area (TPSA) is 20.3 Å². The van der Waals surface area contributed by atoms with Crippen LogP contribution in [0.25, 0.3) is 0 Å². The molecule has 2 heterocycles. The van der Waals surface area contributed by atoms with Crippen molar-refractivity contribution in [3.8, 4) is 0 Å². The second-order valence-electron chi connectivity index (χ2n) is 4.63. The standard InChI is InChI=1S/C13H13NO/c1-9-7-13(2)8-10-5-3-4-6-11(10)14(13)12(9)15/h3-7H,8H2,1-2H3/t13-/m0/s1. The Morgan fingerprint density at radius 3 is 2.87 bits per heavy atom. The number of hydrogen-bond donors (Lipinski definition) is 0. The molecular formula is C13H13NO. The first-order valence-electron chi connectivity index (χ1n) is 5.24. The maximum absolute atomic E-state index is 12.0. The van der Waals surface area contributed by atoms with Crippen LogP contribution < -0.4 is 4.90 Å². The molecule has 0 bridgehead atoms. The molecule has 2 aliphatic rings. The van der Waals surface area contributed by atoms with Crippen LogP contribution in [-0.2, 0) is 11.2 Å². The summed E-state index contributed by atoms with van der Waals surface area (Å²) in [6.07, 6.45) is 3.03. The normalized spacial score (nSPS) is 27.7. The minimum atomic E-state index is -0.120. The number of hydrogen-bond acceptors (Lipinski definition) is 1. The van der Waals surface area contributed by atoms with Crippen LogP contribution >= 0.6 is 0 Å². The summed E-state index contributed by atoms with van der Waals surface area (Å²) in [6.45, 7) is 4.02. The van der Waals surface area contributed by atoms with E-state index in [0.29, 0.717) is 0 Å². The van der Waals surface area contributed by atoms with Crippen molar-refractivity contribution in [2.24, 2.45) is 0 Å². The van der Waals surface area contributed by atoms with Gasteiger partial charge in [-0.25, -0.2) is 0 Å². The lowest BCUT2D eigenvalue weighted by Crippen LogP contribution is -2.41. The molecular weight excluding hydrogens is 186 g/mol. The number of rotatable bonds is 0. The van der Waals surface area contributed by atoms with Crippen molar-refractivity contribution in [1.29, 1.82) is 0 Å². The summed E-state index contributed by atoms with van der Waals surface area (Å²) >= 11 is 0. The van der Waals surface area contributed by atoms with Gasteiger partial charge < -0.3 is 0 Å². The Kier molecular flexibility index (Phi) is 1.46. The van der Waals surface area contributed by atoms with E-state index in [1.165, 1.54) is 5.56 Å². The minimum absolute atomic E-state index is 0.120. The van der Waals surface area contributed by atoms with Crippen LogP contribution in [0.3, 0.4) is 0 Å². The summed E-state index contributed by atoms with van der Waals surface area (Å²) in [5.41, 5.74) is 3.10. The van der Waals surface area contributed by atoms with Crippen molar-refractivity contribution >= 4 is 11.6 Å². The zero-order valence-electron chi connectivity index (χ0n) is 8.95. The van der Waals surface area contributed by atoms with Crippen molar-refractivity contribution in [2.45, 2.75) is 25.8 Å². The smallest absolute Gasteiger partial charge is 0.254 e. The number of para-hydroxylation sites is 1. The highest BCUT2D eigenvalue weighted by molar-refractivity contribution is 6.11. The number of nitrogens with zero attached hydrogens (tertiary/aromatic N) is 1. The zero-order valence-corrected chi connectivity index (χ0v) is 8.95. The molecule has 1 aromatic carbocycles. The largest absolute Gasteiger partial charge is 0.299 e. The highest BCUT2D eigenvalue weighted by Crippen LogP contribution is 2.44. The molecule has 0 fully saturated rings. The summed E-state index contributed by atoms with van der Waals surface area (Å²) in [5.74, 6) is 0.155. The Morgan fingerprint density at radius 2 is 2.07 bits per heavy atom. The van der Waals surface area contributed by atoms with Gasteiger partial charge in [0, 0.05) is 17.7 Å².